The normalized spacial score (nSPS) is 30.8. The quantitative estimate of drug-likeness (QED) is 0.166. The number of benzene rings is 2. The van der Waals surface area contributed by atoms with E-state index in [0.29, 0.717) is 19.4 Å². The van der Waals surface area contributed by atoms with Crippen molar-refractivity contribution in [1.29, 1.82) is 0 Å². The molecule has 0 bridgehead atoms. The van der Waals surface area contributed by atoms with Gasteiger partial charge in [0.2, 0.25) is 0 Å². The van der Waals surface area contributed by atoms with Crippen molar-refractivity contribution in [1.82, 2.24) is 0 Å². The maximum Gasteiger partial charge on any atom is 0.317 e. The van der Waals surface area contributed by atoms with Crippen LogP contribution in [0.1, 0.15) is 30.9 Å². The van der Waals surface area contributed by atoms with Gasteiger partial charge in [0.15, 0.2) is 0 Å². The highest BCUT2D eigenvalue weighted by molar-refractivity contribution is 9.10. The van der Waals surface area contributed by atoms with Crippen LogP contribution in [0.2, 0.25) is 0 Å². The van der Waals surface area contributed by atoms with Crippen LogP contribution in [-0.2, 0) is 39.4 Å². The number of rotatable bonds is 8. The predicted octanol–water partition coefficient (Wildman–Crippen LogP) is 5.51. The molecule has 5 rings (SSSR count). The van der Waals surface area contributed by atoms with Gasteiger partial charge in [0.25, 0.3) is 0 Å². The van der Waals surface area contributed by atoms with Crippen molar-refractivity contribution in [3.05, 3.63) is 80.3 Å². The lowest BCUT2D eigenvalue weighted by molar-refractivity contribution is -0.146. The minimum atomic E-state index is -0.896. The van der Waals surface area contributed by atoms with E-state index in [1.165, 1.54) is 21.1 Å². The number of fused-ring (bicyclic) bond motifs is 3. The summed E-state index contributed by atoms with van der Waals surface area (Å²) in [6, 6.07) is 15.6. The summed E-state index contributed by atoms with van der Waals surface area (Å²) in [6.07, 6.45) is 3.47. The van der Waals surface area contributed by atoms with Gasteiger partial charge in [-0.3, -0.25) is 14.4 Å². The molecule has 8 heteroatoms. The predicted molar refractivity (Wildman–Crippen MR) is 144 cm³/mol. The maximum atomic E-state index is 13.7. The second-order valence-corrected chi connectivity index (χ2v) is 11.8. The fourth-order valence-electron chi connectivity index (χ4n) is 6.99. The molecule has 0 saturated heterocycles. The average molecular weight is 632 g/mol. The fourth-order valence-corrected chi connectivity index (χ4v) is 7.52. The Balaban J connectivity index is 1.63. The Kier molecular flexibility index (Phi) is 6.86. The molecule has 0 radical (unpaired) electrons. The monoisotopic (exact) mass is 630 g/mol. The summed E-state index contributed by atoms with van der Waals surface area (Å²) in [6.45, 7) is 1.70. The molecule has 3 aliphatic rings. The number of carbonyl (C=O) groups excluding carboxylic acids is 3. The molecule has 0 aromatic heterocycles. The lowest BCUT2D eigenvalue weighted by Gasteiger charge is -2.20. The molecule has 2 aromatic carbocycles. The first-order valence-corrected chi connectivity index (χ1v) is 13.9. The van der Waals surface area contributed by atoms with Gasteiger partial charge >= 0.3 is 17.9 Å². The molecule has 0 heterocycles. The largest absolute Gasteiger partial charge is 0.468 e. The van der Waals surface area contributed by atoms with Crippen LogP contribution in [0.4, 0.5) is 0 Å². The Bertz CT molecular complexity index is 1270. The van der Waals surface area contributed by atoms with E-state index in [2.05, 4.69) is 37.9 Å². The number of esters is 3. The van der Waals surface area contributed by atoms with Gasteiger partial charge in [-0.2, -0.15) is 0 Å². The molecule has 0 spiro atoms. The van der Waals surface area contributed by atoms with Crippen LogP contribution in [0.15, 0.2) is 69.1 Å². The Morgan fingerprint density at radius 3 is 1.84 bits per heavy atom. The molecule has 6 atom stereocenters. The summed E-state index contributed by atoms with van der Waals surface area (Å²) < 4.78 is 17.8. The Morgan fingerprint density at radius 2 is 1.32 bits per heavy atom. The number of hydrogen-bond acceptors (Lipinski definition) is 6. The summed E-state index contributed by atoms with van der Waals surface area (Å²) in [5, 5.41) is 0. The summed E-state index contributed by atoms with van der Waals surface area (Å²) >= 11 is 6.99. The molecule has 2 aromatic rings. The molecule has 2 saturated carbocycles. The van der Waals surface area contributed by atoms with Crippen molar-refractivity contribution in [3.8, 4) is 0 Å². The number of allylic oxidation sites excluding steroid dienone is 2. The first kappa shape index (κ1) is 26.2. The standard InChI is InChI=1S/C29H28Br2O6/c1-16(32)37-14-4-5-17-15-22-24(28(22,26(33)35-2)18-6-10-20(30)11-7-18)25-23(17)29(25,27(34)36-3)19-8-12-21(31)13-9-19/h6-13,15,22-25H,4-5,14H2,1-3H3/t22-,23-,24-,25-,28+,29+/m0/s1. The SMILES string of the molecule is COC(=O)[C@@]1(c2ccc(Br)cc2)[C@@H]2[C@@H]3[C@H](C(CCCOC(C)=O)=C[C@@H]21)[C@]3(C(=O)OC)c1ccc(Br)cc1. The zero-order chi connectivity index (χ0) is 26.5. The second kappa shape index (κ2) is 9.70. The number of halogens is 2. The van der Waals surface area contributed by atoms with Gasteiger partial charge in [0.05, 0.1) is 20.8 Å². The Hall–Kier alpha value is -2.45. The highest BCUT2D eigenvalue weighted by Crippen LogP contribution is 2.81. The first-order chi connectivity index (χ1) is 17.7. The highest BCUT2D eigenvalue weighted by atomic mass is 79.9. The molecule has 0 N–H and O–H groups in total. The molecule has 194 valence electrons. The summed E-state index contributed by atoms with van der Waals surface area (Å²) in [7, 11) is 2.84. The van der Waals surface area contributed by atoms with Crippen LogP contribution in [-0.4, -0.2) is 38.7 Å². The summed E-state index contributed by atoms with van der Waals surface area (Å²) in [4.78, 5) is 38.5. The third kappa shape index (κ3) is 3.90. The molecular formula is C29H28Br2O6. The van der Waals surface area contributed by atoms with Crippen molar-refractivity contribution in [2.24, 2.45) is 23.7 Å². The van der Waals surface area contributed by atoms with E-state index in [9.17, 15) is 14.4 Å². The van der Waals surface area contributed by atoms with E-state index in [1.54, 1.807) is 0 Å². The van der Waals surface area contributed by atoms with Crippen LogP contribution in [0.3, 0.4) is 0 Å². The van der Waals surface area contributed by atoms with Gasteiger partial charge in [-0.15, -0.1) is 0 Å². The van der Waals surface area contributed by atoms with E-state index in [0.717, 1.165) is 25.6 Å². The molecule has 3 aliphatic carbocycles. The second-order valence-electron chi connectivity index (χ2n) is 9.98. The zero-order valence-electron chi connectivity index (χ0n) is 20.8. The van der Waals surface area contributed by atoms with Crippen molar-refractivity contribution in [3.63, 3.8) is 0 Å². The molecular weight excluding hydrogens is 604 g/mol. The van der Waals surface area contributed by atoms with E-state index < -0.39 is 10.8 Å². The van der Waals surface area contributed by atoms with Gasteiger partial charge in [-0.25, -0.2) is 0 Å². The van der Waals surface area contributed by atoms with Crippen molar-refractivity contribution >= 4 is 49.8 Å². The van der Waals surface area contributed by atoms with Gasteiger partial charge in [0.1, 0.15) is 10.8 Å². The van der Waals surface area contributed by atoms with Crippen LogP contribution in [0.25, 0.3) is 0 Å². The lowest BCUT2D eigenvalue weighted by Crippen LogP contribution is -2.30. The third-order valence-electron chi connectivity index (χ3n) is 8.38. The van der Waals surface area contributed by atoms with Crippen molar-refractivity contribution in [2.75, 3.05) is 20.8 Å². The van der Waals surface area contributed by atoms with Gasteiger partial charge in [-0.05, 0) is 60.1 Å². The maximum absolute atomic E-state index is 13.7. The minimum absolute atomic E-state index is 0.104. The Morgan fingerprint density at radius 1 is 0.811 bits per heavy atom. The number of methoxy groups -OCH3 is 2. The minimum Gasteiger partial charge on any atom is -0.468 e. The number of carbonyl (C=O) groups is 3. The lowest BCUT2D eigenvalue weighted by atomic mass is 9.85. The van der Waals surface area contributed by atoms with Crippen LogP contribution >= 0.6 is 31.9 Å². The van der Waals surface area contributed by atoms with E-state index in [4.69, 9.17) is 14.2 Å². The van der Waals surface area contributed by atoms with E-state index >= 15 is 0 Å². The molecule has 2 fully saturated rings. The smallest absolute Gasteiger partial charge is 0.317 e. The van der Waals surface area contributed by atoms with E-state index in [-0.39, 0.29) is 41.6 Å². The third-order valence-corrected chi connectivity index (χ3v) is 9.44. The molecule has 6 nitrogen and oxygen atoms in total. The molecule has 0 amide bonds. The number of ether oxygens (including phenoxy) is 3. The average Bonchev–Trinajstić information content (AvgIpc) is 3.77. The molecule has 37 heavy (non-hydrogen) atoms. The highest BCUT2D eigenvalue weighted by Gasteiger charge is 2.87. The van der Waals surface area contributed by atoms with Crippen LogP contribution in [0.5, 0.6) is 0 Å². The molecule has 0 aliphatic heterocycles. The van der Waals surface area contributed by atoms with Crippen LogP contribution in [0, 0.1) is 23.7 Å². The van der Waals surface area contributed by atoms with E-state index in [1.807, 2.05) is 48.5 Å². The van der Waals surface area contributed by atoms with Gasteiger partial charge < -0.3 is 14.2 Å². The number of hydrogen-bond donors (Lipinski definition) is 0. The van der Waals surface area contributed by atoms with Gasteiger partial charge in [0, 0.05) is 27.7 Å². The fraction of sp³-hybridized carbons (Fsp3) is 0.414. The van der Waals surface area contributed by atoms with Crippen molar-refractivity contribution in [2.45, 2.75) is 30.6 Å². The molecule has 0 unspecified atom stereocenters. The van der Waals surface area contributed by atoms with Gasteiger partial charge in [-0.1, -0.05) is 67.8 Å². The summed E-state index contributed by atoms with van der Waals surface area (Å²) in [5.41, 5.74) is 1.10. The zero-order valence-corrected chi connectivity index (χ0v) is 24.0. The first-order valence-electron chi connectivity index (χ1n) is 12.3. The van der Waals surface area contributed by atoms with Crippen molar-refractivity contribution < 1.29 is 28.6 Å². The summed E-state index contributed by atoms with van der Waals surface area (Å²) in [5.74, 6) is -1.34. The Labute approximate surface area is 233 Å². The topological polar surface area (TPSA) is 78.9 Å². The van der Waals surface area contributed by atoms with Crippen LogP contribution < -0.4 is 0 Å².